The number of carbonyl (C=O) groups excluding carboxylic acids is 1. The highest BCUT2D eigenvalue weighted by Crippen LogP contribution is 2.25. The Kier molecular flexibility index (Phi) is 7.31. The molecule has 2 fully saturated rings. The van der Waals surface area contributed by atoms with Crippen molar-refractivity contribution >= 4 is 16.1 Å². The lowest BCUT2D eigenvalue weighted by Crippen LogP contribution is -2.55. The summed E-state index contributed by atoms with van der Waals surface area (Å²) in [6.45, 7) is 1.39. The standard InChI is InChI=1S/C24H32N4O4S/c1-25(21-11-6-3-7-12-21)33(31,32)28-17-15-26(16-18-28)23(29)22-13-8-14-27(24(22)30)19-20-9-4-2-5-10-20/h2,4-5,8-10,13-14,21H,3,6-7,11-12,15-19H2,1H3. The summed E-state index contributed by atoms with van der Waals surface area (Å²) < 4.78 is 30.7. The van der Waals surface area contributed by atoms with Crippen LogP contribution in [0.2, 0.25) is 0 Å². The van der Waals surface area contributed by atoms with Gasteiger partial charge in [0.1, 0.15) is 5.56 Å². The molecule has 33 heavy (non-hydrogen) atoms. The molecule has 9 heteroatoms. The number of amides is 1. The minimum Gasteiger partial charge on any atom is -0.336 e. The van der Waals surface area contributed by atoms with Gasteiger partial charge in [0.15, 0.2) is 0 Å². The molecule has 0 atom stereocenters. The Labute approximate surface area is 195 Å². The van der Waals surface area contributed by atoms with E-state index in [1.54, 1.807) is 30.3 Å². The van der Waals surface area contributed by atoms with E-state index in [1.165, 1.54) is 13.2 Å². The second-order valence-electron chi connectivity index (χ2n) is 8.85. The van der Waals surface area contributed by atoms with Crippen LogP contribution in [0.5, 0.6) is 0 Å². The SMILES string of the molecule is CN(C1CCCCC1)S(=O)(=O)N1CCN(C(=O)c2cccn(Cc3ccccc3)c2=O)CC1. The highest BCUT2D eigenvalue weighted by molar-refractivity contribution is 7.86. The van der Waals surface area contributed by atoms with Crippen molar-refractivity contribution in [3.63, 3.8) is 0 Å². The summed E-state index contributed by atoms with van der Waals surface area (Å²) >= 11 is 0. The highest BCUT2D eigenvalue weighted by atomic mass is 32.2. The van der Waals surface area contributed by atoms with Gasteiger partial charge in [0, 0.05) is 45.5 Å². The predicted molar refractivity (Wildman–Crippen MR) is 127 cm³/mol. The molecule has 1 aliphatic carbocycles. The van der Waals surface area contributed by atoms with Crippen LogP contribution in [0.25, 0.3) is 0 Å². The maximum absolute atomic E-state index is 13.1. The number of hydrogen-bond donors (Lipinski definition) is 0. The predicted octanol–water partition coefficient (Wildman–Crippen LogP) is 2.16. The van der Waals surface area contributed by atoms with Gasteiger partial charge in [-0.15, -0.1) is 0 Å². The number of benzene rings is 1. The maximum atomic E-state index is 13.1. The Bertz CT molecular complexity index is 1120. The van der Waals surface area contributed by atoms with Crippen LogP contribution < -0.4 is 5.56 Å². The van der Waals surface area contributed by atoms with Crippen molar-refractivity contribution in [2.45, 2.75) is 44.7 Å². The van der Waals surface area contributed by atoms with Crippen molar-refractivity contribution in [2.24, 2.45) is 0 Å². The number of aromatic nitrogens is 1. The van der Waals surface area contributed by atoms with Crippen molar-refractivity contribution in [3.8, 4) is 0 Å². The van der Waals surface area contributed by atoms with E-state index >= 15 is 0 Å². The first-order chi connectivity index (χ1) is 15.9. The van der Waals surface area contributed by atoms with Crippen LogP contribution in [0.4, 0.5) is 0 Å². The Morgan fingerprint density at radius 2 is 1.64 bits per heavy atom. The van der Waals surface area contributed by atoms with E-state index in [4.69, 9.17) is 0 Å². The number of hydrogen-bond acceptors (Lipinski definition) is 4. The zero-order chi connectivity index (χ0) is 23.4. The van der Waals surface area contributed by atoms with E-state index in [2.05, 4.69) is 0 Å². The lowest BCUT2D eigenvalue weighted by atomic mass is 9.96. The lowest BCUT2D eigenvalue weighted by Gasteiger charge is -2.38. The third kappa shape index (κ3) is 5.20. The smallest absolute Gasteiger partial charge is 0.282 e. The Morgan fingerprint density at radius 1 is 0.970 bits per heavy atom. The molecular formula is C24H32N4O4S. The number of pyridine rings is 1. The molecule has 1 amide bonds. The van der Waals surface area contributed by atoms with Crippen LogP contribution >= 0.6 is 0 Å². The summed E-state index contributed by atoms with van der Waals surface area (Å²) in [5.41, 5.74) is 0.757. The Balaban J connectivity index is 1.41. The first-order valence-corrected chi connectivity index (χ1v) is 13.0. The molecule has 0 unspecified atom stereocenters. The molecule has 1 saturated heterocycles. The van der Waals surface area contributed by atoms with E-state index in [0.29, 0.717) is 6.54 Å². The molecular weight excluding hydrogens is 440 g/mol. The zero-order valence-corrected chi connectivity index (χ0v) is 19.9. The molecule has 0 spiro atoms. The van der Waals surface area contributed by atoms with Gasteiger partial charge in [0.05, 0.1) is 6.54 Å². The van der Waals surface area contributed by atoms with Crippen molar-refractivity contribution in [1.82, 2.24) is 18.1 Å². The van der Waals surface area contributed by atoms with Gasteiger partial charge in [-0.25, -0.2) is 0 Å². The average Bonchev–Trinajstić information content (AvgIpc) is 2.85. The number of rotatable bonds is 6. The molecule has 2 aliphatic rings. The molecule has 1 aromatic heterocycles. The van der Waals surface area contributed by atoms with Crippen molar-refractivity contribution in [1.29, 1.82) is 0 Å². The molecule has 178 valence electrons. The van der Waals surface area contributed by atoms with Gasteiger partial charge in [-0.05, 0) is 30.5 Å². The number of carbonyl (C=O) groups is 1. The topological polar surface area (TPSA) is 82.9 Å². The lowest BCUT2D eigenvalue weighted by molar-refractivity contribution is 0.0690. The minimum atomic E-state index is -3.56. The third-order valence-electron chi connectivity index (χ3n) is 6.75. The fraction of sp³-hybridized carbons (Fsp3) is 0.500. The van der Waals surface area contributed by atoms with E-state index in [0.717, 1.165) is 37.7 Å². The molecule has 0 radical (unpaired) electrons. The molecule has 1 saturated carbocycles. The van der Waals surface area contributed by atoms with Crippen LogP contribution in [-0.2, 0) is 16.8 Å². The fourth-order valence-corrected chi connectivity index (χ4v) is 6.29. The first kappa shape index (κ1) is 23.7. The van der Waals surface area contributed by atoms with Crippen molar-refractivity contribution in [2.75, 3.05) is 33.2 Å². The largest absolute Gasteiger partial charge is 0.336 e. The molecule has 0 bridgehead atoms. The third-order valence-corrected chi connectivity index (χ3v) is 8.80. The van der Waals surface area contributed by atoms with Crippen molar-refractivity contribution in [3.05, 3.63) is 70.1 Å². The average molecular weight is 473 g/mol. The minimum absolute atomic E-state index is 0.0517. The molecule has 2 aromatic rings. The molecule has 0 N–H and O–H groups in total. The van der Waals surface area contributed by atoms with E-state index in [1.807, 2.05) is 30.3 Å². The summed E-state index contributed by atoms with van der Waals surface area (Å²) in [4.78, 5) is 27.6. The van der Waals surface area contributed by atoms with Crippen LogP contribution in [0, 0.1) is 0 Å². The van der Waals surface area contributed by atoms with Gasteiger partial charge >= 0.3 is 0 Å². The van der Waals surface area contributed by atoms with Gasteiger partial charge in [-0.2, -0.15) is 17.0 Å². The second kappa shape index (κ2) is 10.2. The number of piperazine rings is 1. The summed E-state index contributed by atoms with van der Waals surface area (Å²) in [6, 6.07) is 12.9. The van der Waals surface area contributed by atoms with Gasteiger partial charge in [-0.3, -0.25) is 9.59 Å². The maximum Gasteiger partial charge on any atom is 0.282 e. The normalized spacial score (nSPS) is 18.5. The molecule has 1 aromatic carbocycles. The van der Waals surface area contributed by atoms with E-state index in [-0.39, 0.29) is 49.3 Å². The second-order valence-corrected chi connectivity index (χ2v) is 10.8. The Morgan fingerprint density at radius 3 is 2.30 bits per heavy atom. The Hall–Kier alpha value is -2.49. The molecule has 4 rings (SSSR count). The van der Waals surface area contributed by atoms with Crippen LogP contribution in [0.1, 0.15) is 48.0 Å². The summed E-state index contributed by atoms with van der Waals surface area (Å²) in [5, 5.41) is 0. The summed E-state index contributed by atoms with van der Waals surface area (Å²) in [5.74, 6) is -0.347. The molecule has 2 heterocycles. The highest BCUT2D eigenvalue weighted by Gasteiger charge is 2.35. The van der Waals surface area contributed by atoms with E-state index < -0.39 is 10.2 Å². The van der Waals surface area contributed by atoms with Gasteiger partial charge in [0.25, 0.3) is 21.7 Å². The van der Waals surface area contributed by atoms with Crippen LogP contribution in [-0.4, -0.2) is 71.7 Å². The quantitative estimate of drug-likeness (QED) is 0.645. The summed E-state index contributed by atoms with van der Waals surface area (Å²) in [7, 11) is -1.89. The van der Waals surface area contributed by atoms with Gasteiger partial charge < -0.3 is 9.47 Å². The van der Waals surface area contributed by atoms with Crippen LogP contribution in [0.3, 0.4) is 0 Å². The number of nitrogens with zero attached hydrogens (tertiary/aromatic N) is 4. The van der Waals surface area contributed by atoms with Crippen molar-refractivity contribution < 1.29 is 13.2 Å². The molecule has 1 aliphatic heterocycles. The summed E-state index contributed by atoms with van der Waals surface area (Å²) in [6.07, 6.45) is 6.77. The molecule has 8 nitrogen and oxygen atoms in total. The van der Waals surface area contributed by atoms with Crippen LogP contribution in [0.15, 0.2) is 53.5 Å². The fourth-order valence-electron chi connectivity index (χ4n) is 4.71. The monoisotopic (exact) mass is 472 g/mol. The van der Waals surface area contributed by atoms with Gasteiger partial charge in [0.2, 0.25) is 0 Å². The first-order valence-electron chi connectivity index (χ1n) is 11.6. The van der Waals surface area contributed by atoms with E-state index in [9.17, 15) is 18.0 Å². The zero-order valence-electron chi connectivity index (χ0n) is 19.1. The van der Waals surface area contributed by atoms with Gasteiger partial charge in [-0.1, -0.05) is 49.6 Å².